The molecule has 1 N–H and O–H groups in total. The number of hydrazone groups is 1. The van der Waals surface area contributed by atoms with E-state index in [9.17, 15) is 4.79 Å². The maximum atomic E-state index is 12.1. The van der Waals surface area contributed by atoms with Gasteiger partial charge in [-0.25, -0.2) is 5.43 Å². The standard InChI is InChI=1S/C20H21Cl2N3O2/c1-27-19-12-16(25-9-3-2-4-10-25)7-5-15(19)13-23-24-20(26)14-6-8-17(21)18(22)11-14/h5-8,11-13H,2-4,9-10H2,1H3,(H,24,26)/b23-13-. The molecule has 7 heteroatoms. The number of rotatable bonds is 5. The summed E-state index contributed by atoms with van der Waals surface area (Å²) in [6.07, 6.45) is 5.28. The lowest BCUT2D eigenvalue weighted by atomic mass is 10.1. The van der Waals surface area contributed by atoms with Crippen LogP contribution in [-0.2, 0) is 0 Å². The van der Waals surface area contributed by atoms with Crippen LogP contribution in [0.2, 0.25) is 10.0 Å². The molecule has 1 heterocycles. The molecule has 27 heavy (non-hydrogen) atoms. The maximum Gasteiger partial charge on any atom is 0.271 e. The first-order valence-corrected chi connectivity index (χ1v) is 9.55. The molecule has 0 atom stereocenters. The van der Waals surface area contributed by atoms with Crippen LogP contribution >= 0.6 is 23.2 Å². The van der Waals surface area contributed by atoms with E-state index in [-0.39, 0.29) is 5.91 Å². The molecule has 0 spiro atoms. The zero-order valence-corrected chi connectivity index (χ0v) is 16.6. The Morgan fingerprint density at radius 3 is 2.59 bits per heavy atom. The third-order valence-electron chi connectivity index (χ3n) is 4.49. The number of methoxy groups -OCH3 is 1. The summed E-state index contributed by atoms with van der Waals surface area (Å²) in [5.41, 5.74) is 4.80. The summed E-state index contributed by atoms with van der Waals surface area (Å²) in [6.45, 7) is 2.13. The number of piperidine rings is 1. The molecule has 1 amide bonds. The molecule has 1 aliphatic heterocycles. The van der Waals surface area contributed by atoms with Gasteiger partial charge in [0, 0.05) is 36.0 Å². The van der Waals surface area contributed by atoms with Gasteiger partial charge in [0.15, 0.2) is 0 Å². The number of carbonyl (C=O) groups excluding carboxylic acids is 1. The molecule has 3 rings (SSSR count). The van der Waals surface area contributed by atoms with Crippen LogP contribution in [0.4, 0.5) is 5.69 Å². The van der Waals surface area contributed by atoms with Crippen molar-refractivity contribution in [2.24, 2.45) is 5.10 Å². The molecule has 1 aliphatic rings. The number of nitrogens with one attached hydrogen (secondary N) is 1. The average Bonchev–Trinajstić information content (AvgIpc) is 2.70. The molecule has 142 valence electrons. The number of hydrogen-bond acceptors (Lipinski definition) is 4. The number of nitrogens with zero attached hydrogens (tertiary/aromatic N) is 2. The van der Waals surface area contributed by atoms with E-state index < -0.39 is 0 Å². The normalized spacial score (nSPS) is 14.4. The van der Waals surface area contributed by atoms with Gasteiger partial charge in [0.1, 0.15) is 5.75 Å². The van der Waals surface area contributed by atoms with Gasteiger partial charge in [0.25, 0.3) is 5.91 Å². The minimum atomic E-state index is -0.367. The number of halogens is 2. The van der Waals surface area contributed by atoms with Crippen molar-refractivity contribution in [1.82, 2.24) is 5.43 Å². The van der Waals surface area contributed by atoms with E-state index in [1.165, 1.54) is 25.3 Å². The fourth-order valence-electron chi connectivity index (χ4n) is 3.02. The van der Waals surface area contributed by atoms with Gasteiger partial charge in [-0.3, -0.25) is 4.79 Å². The van der Waals surface area contributed by atoms with Crippen molar-refractivity contribution < 1.29 is 9.53 Å². The van der Waals surface area contributed by atoms with E-state index in [4.69, 9.17) is 27.9 Å². The molecule has 0 radical (unpaired) electrons. The van der Waals surface area contributed by atoms with Gasteiger partial charge in [0.2, 0.25) is 0 Å². The molecule has 5 nitrogen and oxygen atoms in total. The minimum absolute atomic E-state index is 0.322. The van der Waals surface area contributed by atoms with Crippen LogP contribution in [-0.4, -0.2) is 32.3 Å². The van der Waals surface area contributed by atoms with Crippen LogP contribution in [0.5, 0.6) is 5.75 Å². The summed E-state index contributed by atoms with van der Waals surface area (Å²) in [4.78, 5) is 14.5. The third-order valence-corrected chi connectivity index (χ3v) is 5.23. The quantitative estimate of drug-likeness (QED) is 0.576. The molecular weight excluding hydrogens is 385 g/mol. The second kappa shape index (κ2) is 9.11. The van der Waals surface area contributed by atoms with Crippen molar-refractivity contribution in [1.29, 1.82) is 0 Å². The van der Waals surface area contributed by atoms with Crippen molar-refractivity contribution in [3.8, 4) is 5.75 Å². The van der Waals surface area contributed by atoms with Crippen LogP contribution in [0.15, 0.2) is 41.5 Å². The van der Waals surface area contributed by atoms with Gasteiger partial charge >= 0.3 is 0 Å². The fraction of sp³-hybridized carbons (Fsp3) is 0.300. The van der Waals surface area contributed by atoms with Crippen LogP contribution in [0.25, 0.3) is 0 Å². The highest BCUT2D eigenvalue weighted by Crippen LogP contribution is 2.27. The summed E-state index contributed by atoms with van der Waals surface area (Å²) in [5, 5.41) is 4.75. The average molecular weight is 406 g/mol. The number of hydrogen-bond donors (Lipinski definition) is 1. The fourth-order valence-corrected chi connectivity index (χ4v) is 3.32. The molecule has 0 bridgehead atoms. The maximum absolute atomic E-state index is 12.1. The lowest BCUT2D eigenvalue weighted by Gasteiger charge is -2.29. The van der Waals surface area contributed by atoms with Gasteiger partial charge in [-0.05, 0) is 49.6 Å². The minimum Gasteiger partial charge on any atom is -0.496 e. The topological polar surface area (TPSA) is 53.9 Å². The SMILES string of the molecule is COc1cc(N2CCCCC2)ccc1/C=N\NC(=O)c1ccc(Cl)c(Cl)c1. The molecule has 1 saturated heterocycles. The summed E-state index contributed by atoms with van der Waals surface area (Å²) in [6, 6.07) is 10.7. The Labute approximate surface area is 168 Å². The van der Waals surface area contributed by atoms with E-state index in [1.54, 1.807) is 25.5 Å². The van der Waals surface area contributed by atoms with Crippen LogP contribution in [0, 0.1) is 0 Å². The van der Waals surface area contributed by atoms with E-state index >= 15 is 0 Å². The molecule has 0 aromatic heterocycles. The van der Waals surface area contributed by atoms with Gasteiger partial charge < -0.3 is 9.64 Å². The summed E-state index contributed by atoms with van der Waals surface area (Å²) < 4.78 is 5.49. The van der Waals surface area contributed by atoms with Crippen molar-refractivity contribution >= 4 is 41.0 Å². The first kappa shape index (κ1) is 19.5. The summed E-state index contributed by atoms with van der Waals surface area (Å²) >= 11 is 11.8. The van der Waals surface area contributed by atoms with E-state index in [2.05, 4.69) is 21.5 Å². The van der Waals surface area contributed by atoms with E-state index in [0.717, 1.165) is 24.3 Å². The van der Waals surface area contributed by atoms with Crippen LogP contribution in [0.3, 0.4) is 0 Å². The molecule has 0 unspecified atom stereocenters. The van der Waals surface area contributed by atoms with Crippen molar-refractivity contribution in [3.63, 3.8) is 0 Å². The number of carbonyl (C=O) groups is 1. The van der Waals surface area contributed by atoms with E-state index in [0.29, 0.717) is 21.4 Å². The van der Waals surface area contributed by atoms with E-state index in [1.807, 2.05) is 12.1 Å². The molecule has 0 aliphatic carbocycles. The number of amides is 1. The third kappa shape index (κ3) is 4.93. The molecule has 0 saturated carbocycles. The highest BCUT2D eigenvalue weighted by Gasteiger charge is 2.13. The van der Waals surface area contributed by atoms with Gasteiger partial charge in [-0.15, -0.1) is 0 Å². The molecule has 2 aromatic carbocycles. The zero-order valence-electron chi connectivity index (χ0n) is 15.0. The number of ether oxygens (including phenoxy) is 1. The lowest BCUT2D eigenvalue weighted by molar-refractivity contribution is 0.0955. The second-order valence-electron chi connectivity index (χ2n) is 6.30. The Balaban J connectivity index is 1.68. The second-order valence-corrected chi connectivity index (χ2v) is 7.12. The Kier molecular flexibility index (Phi) is 6.58. The van der Waals surface area contributed by atoms with Crippen LogP contribution < -0.4 is 15.1 Å². The molecular formula is C20H21Cl2N3O2. The predicted octanol–water partition coefficient (Wildman–Crippen LogP) is 4.76. The van der Waals surface area contributed by atoms with Crippen molar-refractivity contribution in [3.05, 3.63) is 57.6 Å². The molecule has 1 fully saturated rings. The highest BCUT2D eigenvalue weighted by atomic mass is 35.5. The Morgan fingerprint density at radius 1 is 1.11 bits per heavy atom. The van der Waals surface area contributed by atoms with Gasteiger partial charge in [-0.1, -0.05) is 23.2 Å². The Bertz CT molecular complexity index is 849. The highest BCUT2D eigenvalue weighted by molar-refractivity contribution is 6.42. The predicted molar refractivity (Wildman–Crippen MR) is 111 cm³/mol. The smallest absolute Gasteiger partial charge is 0.271 e. The number of benzene rings is 2. The lowest BCUT2D eigenvalue weighted by Crippen LogP contribution is -2.29. The monoisotopic (exact) mass is 405 g/mol. The zero-order chi connectivity index (χ0) is 19.2. The summed E-state index contributed by atoms with van der Waals surface area (Å²) in [5.74, 6) is 0.347. The van der Waals surface area contributed by atoms with Crippen molar-refractivity contribution in [2.45, 2.75) is 19.3 Å². The van der Waals surface area contributed by atoms with Gasteiger partial charge in [-0.2, -0.15) is 5.10 Å². The Morgan fingerprint density at radius 2 is 1.89 bits per heavy atom. The van der Waals surface area contributed by atoms with Crippen LogP contribution in [0.1, 0.15) is 35.2 Å². The Hall–Kier alpha value is -2.24. The number of anilines is 1. The van der Waals surface area contributed by atoms with Gasteiger partial charge in [0.05, 0.1) is 23.4 Å². The molecule has 2 aromatic rings. The first-order chi connectivity index (χ1) is 13.1. The largest absolute Gasteiger partial charge is 0.496 e. The summed E-state index contributed by atoms with van der Waals surface area (Å²) in [7, 11) is 1.63. The van der Waals surface area contributed by atoms with Crippen molar-refractivity contribution in [2.75, 3.05) is 25.1 Å². The first-order valence-electron chi connectivity index (χ1n) is 8.80.